The van der Waals surface area contributed by atoms with Gasteiger partial charge in [-0.1, -0.05) is 326 Å². The zero-order chi connectivity index (χ0) is 56.4. The van der Waals surface area contributed by atoms with Gasteiger partial charge < -0.3 is 14.2 Å². The molecule has 0 radical (unpaired) electrons. The summed E-state index contributed by atoms with van der Waals surface area (Å²) in [6.07, 6.45) is 84.3. The van der Waals surface area contributed by atoms with E-state index in [0.29, 0.717) is 19.3 Å². The summed E-state index contributed by atoms with van der Waals surface area (Å²) in [5.41, 5.74) is 0. The summed E-state index contributed by atoms with van der Waals surface area (Å²) >= 11 is 0. The molecule has 0 N–H and O–H groups in total. The average molecular weight is 1090 g/mol. The SMILES string of the molecule is CCCC/C=C\C/C=C\CCCCCCCC(=O)OCC(COC(=O)CCCCCCCCCCCCCCCCCCCCCCCCCCCCCC)OC(=O)CCCCCCCCC/C=C\C/C=C\CCCCCC. The Hall–Kier alpha value is -2.63. The van der Waals surface area contributed by atoms with E-state index in [-0.39, 0.29) is 31.1 Å². The Labute approximate surface area is 486 Å². The second-order valence-corrected chi connectivity index (χ2v) is 23.4. The highest BCUT2D eigenvalue weighted by Crippen LogP contribution is 2.18. The highest BCUT2D eigenvalue weighted by Gasteiger charge is 2.19. The first kappa shape index (κ1) is 75.4. The van der Waals surface area contributed by atoms with Crippen LogP contribution in [0.3, 0.4) is 0 Å². The maximum absolute atomic E-state index is 12.9. The number of carbonyl (C=O) groups is 3. The monoisotopic (exact) mass is 1090 g/mol. The maximum atomic E-state index is 12.9. The third kappa shape index (κ3) is 64.2. The Bertz CT molecular complexity index is 1350. The molecule has 6 nitrogen and oxygen atoms in total. The molecule has 0 aromatic heterocycles. The molecular weight excluding hydrogens is 961 g/mol. The van der Waals surface area contributed by atoms with Crippen molar-refractivity contribution < 1.29 is 28.6 Å². The molecule has 0 aromatic carbocycles. The van der Waals surface area contributed by atoms with Gasteiger partial charge in [-0.2, -0.15) is 0 Å². The van der Waals surface area contributed by atoms with Gasteiger partial charge in [-0.3, -0.25) is 14.4 Å². The maximum Gasteiger partial charge on any atom is 0.306 e. The van der Waals surface area contributed by atoms with Gasteiger partial charge in [-0.25, -0.2) is 0 Å². The topological polar surface area (TPSA) is 78.9 Å². The van der Waals surface area contributed by atoms with Crippen molar-refractivity contribution in [1.29, 1.82) is 0 Å². The fourth-order valence-corrected chi connectivity index (χ4v) is 10.3. The molecule has 1 atom stereocenters. The number of ether oxygens (including phenoxy) is 3. The van der Waals surface area contributed by atoms with Crippen molar-refractivity contribution in [3.05, 3.63) is 48.6 Å². The van der Waals surface area contributed by atoms with Crippen LogP contribution in [-0.4, -0.2) is 37.2 Å². The Kier molecular flexibility index (Phi) is 64.6. The molecule has 0 spiro atoms. The molecule has 0 rings (SSSR count). The molecule has 0 aliphatic heterocycles. The number of esters is 3. The van der Waals surface area contributed by atoms with Crippen LogP contribution >= 0.6 is 0 Å². The Balaban J connectivity index is 4.22. The number of rotatable bonds is 64. The lowest BCUT2D eigenvalue weighted by Crippen LogP contribution is -2.30. The third-order valence-electron chi connectivity index (χ3n) is 15.6. The summed E-state index contributed by atoms with van der Waals surface area (Å²) in [4.78, 5) is 38.4. The molecule has 0 aliphatic carbocycles. The first-order valence-corrected chi connectivity index (χ1v) is 34.6. The molecule has 0 saturated carbocycles. The fourth-order valence-electron chi connectivity index (χ4n) is 10.3. The van der Waals surface area contributed by atoms with E-state index in [1.165, 1.54) is 244 Å². The summed E-state index contributed by atoms with van der Waals surface area (Å²) in [5.74, 6) is -0.877. The van der Waals surface area contributed by atoms with Crippen LogP contribution in [0.1, 0.15) is 374 Å². The summed E-state index contributed by atoms with van der Waals surface area (Å²) in [6, 6.07) is 0. The van der Waals surface area contributed by atoms with E-state index in [2.05, 4.69) is 69.4 Å². The number of unbranched alkanes of at least 4 members (excludes halogenated alkanes) is 45. The van der Waals surface area contributed by atoms with Crippen LogP contribution in [0.25, 0.3) is 0 Å². The van der Waals surface area contributed by atoms with Gasteiger partial charge in [-0.05, 0) is 77.0 Å². The molecule has 0 aliphatic rings. The lowest BCUT2D eigenvalue weighted by molar-refractivity contribution is -0.167. The van der Waals surface area contributed by atoms with Gasteiger partial charge in [0, 0.05) is 19.3 Å². The normalized spacial score (nSPS) is 12.3. The summed E-state index contributed by atoms with van der Waals surface area (Å²) in [7, 11) is 0. The minimum atomic E-state index is -0.783. The van der Waals surface area contributed by atoms with Crippen molar-refractivity contribution in [1.82, 2.24) is 0 Å². The number of hydrogen-bond acceptors (Lipinski definition) is 6. The van der Waals surface area contributed by atoms with Gasteiger partial charge in [-0.15, -0.1) is 0 Å². The number of allylic oxidation sites excluding steroid dienone is 8. The second kappa shape index (κ2) is 66.9. The van der Waals surface area contributed by atoms with Crippen molar-refractivity contribution in [3.8, 4) is 0 Å². The van der Waals surface area contributed by atoms with Crippen LogP contribution in [-0.2, 0) is 28.6 Å². The first-order valence-electron chi connectivity index (χ1n) is 34.6. The molecular formula is C72H132O6. The molecule has 0 fully saturated rings. The van der Waals surface area contributed by atoms with Gasteiger partial charge >= 0.3 is 17.9 Å². The Morgan fingerprint density at radius 2 is 0.474 bits per heavy atom. The van der Waals surface area contributed by atoms with E-state index in [9.17, 15) is 14.4 Å². The molecule has 0 aromatic rings. The molecule has 6 heteroatoms. The minimum Gasteiger partial charge on any atom is -0.462 e. The van der Waals surface area contributed by atoms with Crippen molar-refractivity contribution in [2.75, 3.05) is 13.2 Å². The van der Waals surface area contributed by atoms with E-state index in [1.807, 2.05) is 0 Å². The first-order chi connectivity index (χ1) is 38.5. The zero-order valence-corrected chi connectivity index (χ0v) is 52.5. The van der Waals surface area contributed by atoms with Gasteiger partial charge in [0.05, 0.1) is 0 Å². The van der Waals surface area contributed by atoms with Crippen molar-refractivity contribution >= 4 is 17.9 Å². The van der Waals surface area contributed by atoms with Crippen molar-refractivity contribution in [2.24, 2.45) is 0 Å². The average Bonchev–Trinajstić information content (AvgIpc) is 3.44. The summed E-state index contributed by atoms with van der Waals surface area (Å²) in [5, 5.41) is 0. The lowest BCUT2D eigenvalue weighted by Gasteiger charge is -2.18. The third-order valence-corrected chi connectivity index (χ3v) is 15.6. The Morgan fingerprint density at radius 3 is 0.756 bits per heavy atom. The van der Waals surface area contributed by atoms with E-state index in [0.717, 1.165) is 89.9 Å². The fraction of sp³-hybridized carbons (Fsp3) is 0.847. The predicted octanol–water partition coefficient (Wildman–Crippen LogP) is 23.7. The summed E-state index contributed by atoms with van der Waals surface area (Å²) in [6.45, 7) is 6.63. The van der Waals surface area contributed by atoms with Gasteiger partial charge in [0.15, 0.2) is 6.10 Å². The van der Waals surface area contributed by atoms with Crippen molar-refractivity contribution in [3.63, 3.8) is 0 Å². The lowest BCUT2D eigenvalue weighted by atomic mass is 10.0. The molecule has 0 saturated heterocycles. The quantitative estimate of drug-likeness (QED) is 0.0261. The Morgan fingerprint density at radius 1 is 0.256 bits per heavy atom. The highest BCUT2D eigenvalue weighted by atomic mass is 16.6. The van der Waals surface area contributed by atoms with Gasteiger partial charge in [0.2, 0.25) is 0 Å². The van der Waals surface area contributed by atoms with Crippen LogP contribution in [0.15, 0.2) is 48.6 Å². The smallest absolute Gasteiger partial charge is 0.306 e. The van der Waals surface area contributed by atoms with Crippen LogP contribution in [0, 0.1) is 0 Å². The van der Waals surface area contributed by atoms with Crippen LogP contribution in [0.2, 0.25) is 0 Å². The van der Waals surface area contributed by atoms with E-state index in [4.69, 9.17) is 14.2 Å². The van der Waals surface area contributed by atoms with Gasteiger partial charge in [0.1, 0.15) is 13.2 Å². The molecule has 1 unspecified atom stereocenters. The summed E-state index contributed by atoms with van der Waals surface area (Å²) < 4.78 is 17.0. The molecule has 0 amide bonds. The van der Waals surface area contributed by atoms with E-state index in [1.54, 1.807) is 0 Å². The molecule has 456 valence electrons. The number of hydrogen-bond donors (Lipinski definition) is 0. The van der Waals surface area contributed by atoms with Crippen molar-refractivity contribution in [2.45, 2.75) is 380 Å². The minimum absolute atomic E-state index is 0.0774. The van der Waals surface area contributed by atoms with E-state index < -0.39 is 6.10 Å². The predicted molar refractivity (Wildman–Crippen MR) is 339 cm³/mol. The molecule has 0 heterocycles. The molecule has 78 heavy (non-hydrogen) atoms. The highest BCUT2D eigenvalue weighted by molar-refractivity contribution is 5.71. The largest absolute Gasteiger partial charge is 0.462 e. The van der Waals surface area contributed by atoms with E-state index >= 15 is 0 Å². The van der Waals surface area contributed by atoms with Crippen LogP contribution < -0.4 is 0 Å². The van der Waals surface area contributed by atoms with Crippen LogP contribution in [0.5, 0.6) is 0 Å². The number of carbonyl (C=O) groups excluding carboxylic acids is 3. The second-order valence-electron chi connectivity index (χ2n) is 23.4. The molecule has 0 bridgehead atoms. The van der Waals surface area contributed by atoms with Crippen LogP contribution in [0.4, 0.5) is 0 Å². The van der Waals surface area contributed by atoms with Gasteiger partial charge in [0.25, 0.3) is 0 Å². The zero-order valence-electron chi connectivity index (χ0n) is 52.5. The standard InChI is InChI=1S/C72H132O6/c1-4-7-10-13-16-19-22-25-28-30-32-33-34-35-36-37-38-39-40-41-43-44-47-50-53-56-59-62-65-71(74)77-68-69(67-76-70(73)64-61-58-55-52-49-46-27-24-21-18-15-12-9-6-3)78-72(75)66-63-60-57-54-51-48-45-42-31-29-26-23-20-17-14-11-8-5-2/h15,18,20,23-24,27,29,31,69H,4-14,16-17,19,21-22,25-26,28,30,32-68H2,1-3H3/b18-15-,23-20-,27-24-,31-29-.